The van der Waals surface area contributed by atoms with E-state index in [1.807, 2.05) is 0 Å². The molecule has 0 heterocycles. The van der Waals surface area contributed by atoms with Crippen molar-refractivity contribution in [3.8, 4) is 0 Å². The molecule has 3 unspecified atom stereocenters. The zero-order valence-corrected chi connectivity index (χ0v) is 8.21. The van der Waals surface area contributed by atoms with E-state index in [9.17, 15) is 0 Å². The molecular weight excluding hydrogens is 150 g/mol. The van der Waals surface area contributed by atoms with E-state index in [1.165, 1.54) is 19.3 Å². The molecule has 0 aromatic carbocycles. The van der Waals surface area contributed by atoms with Gasteiger partial charge in [0.2, 0.25) is 0 Å². The third-order valence-electron chi connectivity index (χ3n) is 2.92. The minimum atomic E-state index is 0.301. The average molecular weight is 171 g/mol. The highest BCUT2D eigenvalue weighted by Gasteiger charge is 2.23. The molecule has 72 valence electrons. The lowest BCUT2D eigenvalue weighted by molar-refractivity contribution is 0.257. The van der Waals surface area contributed by atoms with Crippen molar-refractivity contribution in [1.29, 1.82) is 0 Å². The van der Waals surface area contributed by atoms with Crippen LogP contribution in [0.5, 0.6) is 0 Å². The van der Waals surface area contributed by atoms with Gasteiger partial charge in [0.25, 0.3) is 0 Å². The van der Waals surface area contributed by atoms with Crippen LogP contribution in [0.4, 0.5) is 0 Å². The molecule has 1 saturated carbocycles. The van der Waals surface area contributed by atoms with Crippen molar-refractivity contribution >= 4 is 0 Å². The van der Waals surface area contributed by atoms with E-state index in [1.54, 1.807) is 0 Å². The Morgan fingerprint density at radius 3 is 2.75 bits per heavy atom. The van der Waals surface area contributed by atoms with Crippen LogP contribution in [-0.2, 0) is 0 Å². The molecule has 1 aliphatic rings. The van der Waals surface area contributed by atoms with Crippen LogP contribution >= 0.6 is 0 Å². The average Bonchev–Trinajstić information content (AvgIpc) is 2.37. The Kier molecular flexibility index (Phi) is 4.02. The topological polar surface area (TPSA) is 32.3 Å². The van der Waals surface area contributed by atoms with Crippen LogP contribution in [0.3, 0.4) is 0 Å². The van der Waals surface area contributed by atoms with Crippen molar-refractivity contribution in [2.24, 2.45) is 5.92 Å². The molecule has 1 aliphatic carbocycles. The quantitative estimate of drug-likeness (QED) is 0.672. The first-order valence-corrected chi connectivity index (χ1v) is 5.11. The summed E-state index contributed by atoms with van der Waals surface area (Å²) >= 11 is 0. The Labute approximate surface area is 75.4 Å². The van der Waals surface area contributed by atoms with Crippen LogP contribution in [0.1, 0.15) is 39.5 Å². The van der Waals surface area contributed by atoms with Crippen molar-refractivity contribution in [3.05, 3.63) is 0 Å². The van der Waals surface area contributed by atoms with Gasteiger partial charge < -0.3 is 10.4 Å². The summed E-state index contributed by atoms with van der Waals surface area (Å²) in [6, 6.07) is 1.17. The fourth-order valence-electron chi connectivity index (χ4n) is 2.04. The zero-order valence-electron chi connectivity index (χ0n) is 8.21. The molecule has 0 saturated heterocycles. The van der Waals surface area contributed by atoms with Gasteiger partial charge in [-0.3, -0.25) is 0 Å². The number of rotatable bonds is 4. The normalized spacial score (nSPS) is 32.2. The van der Waals surface area contributed by atoms with Crippen molar-refractivity contribution in [2.75, 3.05) is 6.61 Å². The maximum atomic E-state index is 8.74. The molecule has 0 aromatic rings. The molecule has 0 bridgehead atoms. The first-order valence-electron chi connectivity index (χ1n) is 5.11. The maximum Gasteiger partial charge on any atom is 0.0445 e. The summed E-state index contributed by atoms with van der Waals surface area (Å²) in [5.74, 6) is 0.825. The van der Waals surface area contributed by atoms with E-state index < -0.39 is 0 Å². The van der Waals surface area contributed by atoms with E-state index in [2.05, 4.69) is 19.2 Å². The minimum absolute atomic E-state index is 0.301. The molecule has 12 heavy (non-hydrogen) atoms. The molecule has 0 aromatic heterocycles. The van der Waals surface area contributed by atoms with E-state index in [4.69, 9.17) is 5.11 Å². The van der Waals surface area contributed by atoms with Gasteiger partial charge in [0.05, 0.1) is 0 Å². The Bertz CT molecular complexity index is 127. The van der Waals surface area contributed by atoms with Crippen molar-refractivity contribution < 1.29 is 5.11 Å². The van der Waals surface area contributed by atoms with Gasteiger partial charge in [0.1, 0.15) is 0 Å². The van der Waals surface area contributed by atoms with Crippen LogP contribution in [0, 0.1) is 5.92 Å². The lowest BCUT2D eigenvalue weighted by atomic mass is 10.1. The number of aliphatic hydroxyl groups excluding tert-OH is 1. The Morgan fingerprint density at radius 2 is 2.25 bits per heavy atom. The summed E-state index contributed by atoms with van der Waals surface area (Å²) < 4.78 is 0. The molecule has 0 radical (unpaired) electrons. The molecule has 2 nitrogen and oxygen atoms in total. The Balaban J connectivity index is 2.20. The van der Waals surface area contributed by atoms with Gasteiger partial charge in [-0.15, -0.1) is 0 Å². The number of aliphatic hydroxyl groups is 1. The smallest absolute Gasteiger partial charge is 0.0445 e. The lowest BCUT2D eigenvalue weighted by Gasteiger charge is -2.22. The summed E-state index contributed by atoms with van der Waals surface area (Å²) in [5.41, 5.74) is 0. The maximum absolute atomic E-state index is 8.74. The molecule has 2 heteroatoms. The fraction of sp³-hybridized carbons (Fsp3) is 1.00. The largest absolute Gasteiger partial charge is 0.396 e. The van der Waals surface area contributed by atoms with Gasteiger partial charge in [-0.1, -0.05) is 13.3 Å². The summed E-state index contributed by atoms with van der Waals surface area (Å²) in [6.07, 6.45) is 4.92. The fourth-order valence-corrected chi connectivity index (χ4v) is 2.04. The standard InChI is InChI=1S/C10H21NO/c1-8-4-3-5-10(8)11-9(2)6-7-12/h8-12H,3-7H2,1-2H3. The van der Waals surface area contributed by atoms with Gasteiger partial charge in [-0.25, -0.2) is 0 Å². The molecule has 3 atom stereocenters. The van der Waals surface area contributed by atoms with Crippen molar-refractivity contribution in [2.45, 2.75) is 51.6 Å². The highest BCUT2D eigenvalue weighted by Crippen LogP contribution is 2.25. The van der Waals surface area contributed by atoms with E-state index in [0.717, 1.165) is 12.3 Å². The third kappa shape index (κ3) is 2.76. The summed E-state index contributed by atoms with van der Waals surface area (Å²) in [7, 11) is 0. The number of hydrogen-bond acceptors (Lipinski definition) is 2. The van der Waals surface area contributed by atoms with Crippen LogP contribution in [0.15, 0.2) is 0 Å². The molecule has 1 rings (SSSR count). The number of hydrogen-bond donors (Lipinski definition) is 2. The summed E-state index contributed by atoms with van der Waals surface area (Å²) in [6.45, 7) is 4.77. The molecular formula is C10H21NO. The summed E-state index contributed by atoms with van der Waals surface area (Å²) in [4.78, 5) is 0. The number of nitrogens with one attached hydrogen (secondary N) is 1. The highest BCUT2D eigenvalue weighted by atomic mass is 16.3. The lowest BCUT2D eigenvalue weighted by Crippen LogP contribution is -2.38. The second kappa shape index (κ2) is 4.83. The van der Waals surface area contributed by atoms with Gasteiger partial charge >= 0.3 is 0 Å². The SMILES string of the molecule is CC(CCO)NC1CCCC1C. The first kappa shape index (κ1) is 10.0. The predicted octanol–water partition coefficient (Wildman–Crippen LogP) is 1.54. The van der Waals surface area contributed by atoms with Gasteiger partial charge in [0.15, 0.2) is 0 Å². The highest BCUT2D eigenvalue weighted by molar-refractivity contribution is 4.82. The predicted molar refractivity (Wildman–Crippen MR) is 51.1 cm³/mol. The van der Waals surface area contributed by atoms with Gasteiger partial charge in [0, 0.05) is 18.7 Å². The minimum Gasteiger partial charge on any atom is -0.396 e. The monoisotopic (exact) mass is 171 g/mol. The van der Waals surface area contributed by atoms with Crippen molar-refractivity contribution in [1.82, 2.24) is 5.32 Å². The van der Waals surface area contributed by atoms with Crippen LogP contribution < -0.4 is 5.32 Å². The Hall–Kier alpha value is -0.0800. The zero-order chi connectivity index (χ0) is 8.97. The summed E-state index contributed by atoms with van der Waals surface area (Å²) in [5, 5.41) is 12.3. The third-order valence-corrected chi connectivity index (χ3v) is 2.92. The van der Waals surface area contributed by atoms with Gasteiger partial charge in [-0.05, 0) is 32.1 Å². The van der Waals surface area contributed by atoms with Crippen molar-refractivity contribution in [3.63, 3.8) is 0 Å². The second-order valence-electron chi connectivity index (χ2n) is 4.09. The van der Waals surface area contributed by atoms with E-state index in [-0.39, 0.29) is 0 Å². The molecule has 0 spiro atoms. The first-order chi connectivity index (χ1) is 5.74. The second-order valence-corrected chi connectivity index (χ2v) is 4.09. The molecule has 0 aliphatic heterocycles. The Morgan fingerprint density at radius 1 is 1.50 bits per heavy atom. The van der Waals surface area contributed by atoms with E-state index >= 15 is 0 Å². The van der Waals surface area contributed by atoms with Crippen LogP contribution in [-0.4, -0.2) is 23.8 Å². The van der Waals surface area contributed by atoms with Crippen LogP contribution in [0.25, 0.3) is 0 Å². The molecule has 1 fully saturated rings. The molecule has 2 N–H and O–H groups in total. The van der Waals surface area contributed by atoms with Gasteiger partial charge in [-0.2, -0.15) is 0 Å². The van der Waals surface area contributed by atoms with E-state index in [0.29, 0.717) is 18.7 Å². The van der Waals surface area contributed by atoms with Crippen LogP contribution in [0.2, 0.25) is 0 Å². The molecule has 0 amide bonds.